The molecule has 0 saturated carbocycles. The van der Waals surface area contributed by atoms with E-state index in [1.54, 1.807) is 11.3 Å². The van der Waals surface area contributed by atoms with Crippen molar-refractivity contribution in [1.82, 2.24) is 4.98 Å². The van der Waals surface area contributed by atoms with Crippen molar-refractivity contribution in [3.63, 3.8) is 0 Å². The van der Waals surface area contributed by atoms with Gasteiger partial charge in [-0.05, 0) is 30.5 Å². The Balaban J connectivity index is 2.15. The van der Waals surface area contributed by atoms with Crippen LogP contribution in [-0.4, -0.2) is 11.0 Å². The first-order chi connectivity index (χ1) is 9.88. The number of nitrogens with one attached hydrogen (secondary N) is 2. The van der Waals surface area contributed by atoms with Gasteiger partial charge in [-0.3, -0.25) is 0 Å². The van der Waals surface area contributed by atoms with Gasteiger partial charge in [-0.2, -0.15) is 13.2 Å². The molecule has 4 N–H and O–H groups in total. The van der Waals surface area contributed by atoms with Gasteiger partial charge in [0.25, 0.3) is 0 Å². The van der Waals surface area contributed by atoms with E-state index >= 15 is 0 Å². The number of rotatable bonds is 5. The van der Waals surface area contributed by atoms with E-state index in [0.29, 0.717) is 6.42 Å². The number of halogens is 3. The zero-order valence-corrected chi connectivity index (χ0v) is 12.1. The van der Waals surface area contributed by atoms with E-state index in [-0.39, 0.29) is 17.7 Å². The summed E-state index contributed by atoms with van der Waals surface area (Å²) >= 11 is 1.60. The van der Waals surface area contributed by atoms with Crippen LogP contribution in [-0.2, 0) is 12.6 Å². The molecule has 0 fully saturated rings. The van der Waals surface area contributed by atoms with Crippen LogP contribution in [0.2, 0.25) is 0 Å². The fraction of sp³-hybridized carbons (Fsp3) is 0.308. The highest BCUT2D eigenvalue weighted by Crippen LogP contribution is 2.32. The second kappa shape index (κ2) is 6.31. The van der Waals surface area contributed by atoms with Gasteiger partial charge in [-0.25, -0.2) is 10.8 Å². The second-order valence-corrected chi connectivity index (χ2v) is 5.63. The molecule has 4 nitrogen and oxygen atoms in total. The number of anilines is 2. The van der Waals surface area contributed by atoms with E-state index in [2.05, 4.69) is 15.7 Å². The number of hydrogen-bond donors (Lipinski definition) is 3. The third-order valence-corrected chi connectivity index (χ3v) is 3.68. The quantitative estimate of drug-likeness (QED) is 0.584. The Labute approximate surface area is 124 Å². The summed E-state index contributed by atoms with van der Waals surface area (Å²) in [5, 5.41) is 4.93. The summed E-state index contributed by atoms with van der Waals surface area (Å²) in [6.45, 7) is 1.89. The Morgan fingerprint density at radius 1 is 1.33 bits per heavy atom. The highest BCUT2D eigenvalue weighted by Gasteiger charge is 2.31. The number of thiophene rings is 1. The van der Waals surface area contributed by atoms with Crippen LogP contribution in [0.3, 0.4) is 0 Å². The van der Waals surface area contributed by atoms with Crippen LogP contribution in [0.5, 0.6) is 0 Å². The SMILES string of the molecule is CC(Cc1cccs1)Nc1cc(C(F)(F)F)cc(NN)n1. The largest absolute Gasteiger partial charge is 0.416 e. The zero-order chi connectivity index (χ0) is 15.5. The van der Waals surface area contributed by atoms with E-state index in [4.69, 9.17) is 5.84 Å². The van der Waals surface area contributed by atoms with E-state index in [0.717, 1.165) is 17.0 Å². The van der Waals surface area contributed by atoms with Crippen LogP contribution in [0.4, 0.5) is 24.8 Å². The molecule has 2 heterocycles. The van der Waals surface area contributed by atoms with E-state index in [9.17, 15) is 13.2 Å². The second-order valence-electron chi connectivity index (χ2n) is 4.60. The van der Waals surface area contributed by atoms with Crippen molar-refractivity contribution in [1.29, 1.82) is 0 Å². The minimum absolute atomic E-state index is 0.0318. The lowest BCUT2D eigenvalue weighted by Crippen LogP contribution is -2.20. The van der Waals surface area contributed by atoms with Crippen LogP contribution in [0, 0.1) is 0 Å². The van der Waals surface area contributed by atoms with Crippen molar-refractivity contribution in [2.75, 3.05) is 10.7 Å². The van der Waals surface area contributed by atoms with Crippen LogP contribution in [0.15, 0.2) is 29.6 Å². The Hall–Kier alpha value is -1.80. The molecule has 0 amide bonds. The first-order valence-electron chi connectivity index (χ1n) is 6.23. The van der Waals surface area contributed by atoms with Crippen LogP contribution in [0.25, 0.3) is 0 Å². The normalized spacial score (nSPS) is 13.0. The molecule has 0 bridgehead atoms. The van der Waals surface area contributed by atoms with Gasteiger partial charge < -0.3 is 10.7 Å². The maximum atomic E-state index is 12.8. The average molecular weight is 316 g/mol. The van der Waals surface area contributed by atoms with E-state index in [1.807, 2.05) is 24.4 Å². The summed E-state index contributed by atoms with van der Waals surface area (Å²) in [5.74, 6) is 5.27. The molecule has 2 aromatic heterocycles. The topological polar surface area (TPSA) is 63.0 Å². The van der Waals surface area contributed by atoms with E-state index in [1.165, 1.54) is 0 Å². The summed E-state index contributed by atoms with van der Waals surface area (Å²) in [5.41, 5.74) is 1.35. The molecule has 21 heavy (non-hydrogen) atoms. The van der Waals surface area contributed by atoms with Gasteiger partial charge in [0.15, 0.2) is 0 Å². The number of hydrazine groups is 1. The molecule has 0 radical (unpaired) electrons. The van der Waals surface area contributed by atoms with Crippen molar-refractivity contribution < 1.29 is 13.2 Å². The Bertz CT molecular complexity index is 584. The molecule has 1 unspecified atom stereocenters. The molecular formula is C13H15F3N4S. The monoisotopic (exact) mass is 316 g/mol. The van der Waals surface area contributed by atoms with Crippen molar-refractivity contribution in [3.05, 3.63) is 40.1 Å². The van der Waals surface area contributed by atoms with Crippen LogP contribution >= 0.6 is 11.3 Å². The number of nitrogens with zero attached hydrogens (tertiary/aromatic N) is 1. The van der Waals surface area contributed by atoms with Gasteiger partial charge >= 0.3 is 6.18 Å². The summed E-state index contributed by atoms with van der Waals surface area (Å²) in [4.78, 5) is 5.14. The van der Waals surface area contributed by atoms with Gasteiger partial charge in [0, 0.05) is 17.3 Å². The summed E-state index contributed by atoms with van der Waals surface area (Å²) in [6.07, 6.45) is -3.73. The van der Waals surface area contributed by atoms with Crippen molar-refractivity contribution >= 4 is 23.0 Å². The molecule has 0 aliphatic rings. The predicted octanol–water partition coefficient (Wildman–Crippen LogP) is 3.49. The molecule has 2 aromatic rings. The Kier molecular flexibility index (Phi) is 4.69. The molecule has 0 aliphatic heterocycles. The Morgan fingerprint density at radius 2 is 2.05 bits per heavy atom. The van der Waals surface area contributed by atoms with Crippen molar-refractivity contribution in [3.8, 4) is 0 Å². The molecule has 0 saturated heterocycles. The fourth-order valence-electron chi connectivity index (χ4n) is 1.88. The number of aromatic nitrogens is 1. The van der Waals surface area contributed by atoms with Gasteiger partial charge in [0.2, 0.25) is 0 Å². The molecular weight excluding hydrogens is 301 g/mol. The molecule has 114 valence electrons. The van der Waals surface area contributed by atoms with Crippen molar-refractivity contribution in [2.24, 2.45) is 5.84 Å². The standard InChI is InChI=1S/C13H15F3N4S/c1-8(5-10-3-2-4-21-10)18-11-6-9(13(14,15)16)7-12(19-11)20-17/h2-4,6-8H,5,17H2,1H3,(H2,18,19,20). The molecule has 1 atom stereocenters. The van der Waals surface area contributed by atoms with Gasteiger partial charge in [0.05, 0.1) is 5.56 Å². The lowest BCUT2D eigenvalue weighted by atomic mass is 10.2. The van der Waals surface area contributed by atoms with Gasteiger partial charge in [0.1, 0.15) is 11.6 Å². The average Bonchev–Trinajstić information content (AvgIpc) is 2.89. The Morgan fingerprint density at radius 3 is 2.62 bits per heavy atom. The fourth-order valence-corrected chi connectivity index (χ4v) is 2.71. The van der Waals surface area contributed by atoms with Crippen LogP contribution in [0.1, 0.15) is 17.4 Å². The minimum Gasteiger partial charge on any atom is -0.367 e. The number of nitrogen functional groups attached to an aromatic ring is 1. The highest BCUT2D eigenvalue weighted by atomic mass is 32.1. The predicted molar refractivity (Wildman–Crippen MR) is 78.2 cm³/mol. The van der Waals surface area contributed by atoms with E-state index < -0.39 is 11.7 Å². The minimum atomic E-state index is -4.44. The number of nitrogens with two attached hydrogens (primary N) is 1. The molecule has 8 heteroatoms. The summed E-state index contributed by atoms with van der Waals surface area (Å²) < 4.78 is 38.4. The smallest absolute Gasteiger partial charge is 0.367 e. The van der Waals surface area contributed by atoms with Gasteiger partial charge in [-0.1, -0.05) is 6.07 Å². The highest BCUT2D eigenvalue weighted by molar-refractivity contribution is 7.09. The third-order valence-electron chi connectivity index (χ3n) is 2.78. The molecule has 0 spiro atoms. The number of pyridine rings is 1. The summed E-state index contributed by atoms with van der Waals surface area (Å²) in [7, 11) is 0. The lowest BCUT2D eigenvalue weighted by Gasteiger charge is -2.16. The number of alkyl halides is 3. The van der Waals surface area contributed by atoms with Crippen molar-refractivity contribution in [2.45, 2.75) is 25.6 Å². The lowest BCUT2D eigenvalue weighted by molar-refractivity contribution is -0.137. The summed E-state index contributed by atoms with van der Waals surface area (Å²) in [6, 6.07) is 5.72. The molecule has 0 aliphatic carbocycles. The van der Waals surface area contributed by atoms with Gasteiger partial charge in [-0.15, -0.1) is 11.3 Å². The maximum absolute atomic E-state index is 12.8. The maximum Gasteiger partial charge on any atom is 0.416 e. The molecule has 2 rings (SSSR count). The molecule has 0 aromatic carbocycles. The number of hydrogen-bond acceptors (Lipinski definition) is 5. The zero-order valence-electron chi connectivity index (χ0n) is 11.2. The third kappa shape index (κ3) is 4.33. The first-order valence-corrected chi connectivity index (χ1v) is 7.11. The van der Waals surface area contributed by atoms with Crippen LogP contribution < -0.4 is 16.6 Å². The first kappa shape index (κ1) is 15.6.